The molecule has 0 aromatic heterocycles. The van der Waals surface area contributed by atoms with Crippen LogP contribution >= 0.6 is 0 Å². The predicted molar refractivity (Wildman–Crippen MR) is 50.4 cm³/mol. The molecule has 2 aliphatic heterocycles. The average Bonchev–Trinajstić information content (AvgIpc) is 2.47. The number of phenolic OH excluding ortho intramolecular Hbond substituents is 1. The molecule has 0 amide bonds. The van der Waals surface area contributed by atoms with Gasteiger partial charge < -0.3 is 14.6 Å². The van der Waals surface area contributed by atoms with E-state index < -0.39 is 0 Å². The van der Waals surface area contributed by atoms with Gasteiger partial charge in [-0.05, 0) is 18.2 Å². The first-order valence-corrected chi connectivity index (χ1v) is 4.79. The van der Waals surface area contributed by atoms with E-state index in [4.69, 9.17) is 9.47 Å². The summed E-state index contributed by atoms with van der Waals surface area (Å²) < 4.78 is 11.1. The van der Waals surface area contributed by atoms with Gasteiger partial charge in [-0.2, -0.15) is 0 Å². The third kappa shape index (κ3) is 0.960. The molecule has 0 aliphatic carbocycles. The average molecular weight is 192 g/mol. The normalized spacial score (nSPS) is 33.6. The van der Waals surface area contributed by atoms with Crippen LogP contribution in [0.15, 0.2) is 18.2 Å². The highest BCUT2D eigenvalue weighted by molar-refractivity contribution is 5.46. The van der Waals surface area contributed by atoms with E-state index in [-0.39, 0.29) is 11.7 Å². The van der Waals surface area contributed by atoms with Crippen LogP contribution in [0.3, 0.4) is 0 Å². The van der Waals surface area contributed by atoms with Crippen molar-refractivity contribution < 1.29 is 14.6 Å². The molecule has 1 aromatic carbocycles. The molecule has 2 atom stereocenters. The molecule has 0 radical (unpaired) electrons. The van der Waals surface area contributed by atoms with Gasteiger partial charge in [-0.25, -0.2) is 0 Å². The first kappa shape index (κ1) is 8.12. The molecule has 0 saturated carbocycles. The Balaban J connectivity index is 2.19. The minimum Gasteiger partial charge on any atom is -0.508 e. The highest BCUT2D eigenvalue weighted by Crippen LogP contribution is 2.46. The molecule has 3 heteroatoms. The molecule has 1 saturated heterocycles. The zero-order chi connectivity index (χ0) is 9.76. The SMILES string of the molecule is C[C@]12COC(C1)Oc1ccc(O)cc12. The van der Waals surface area contributed by atoms with Crippen molar-refractivity contribution in [3.8, 4) is 11.5 Å². The molecule has 1 N–H and O–H groups in total. The fraction of sp³-hybridized carbons (Fsp3) is 0.455. The molecular weight excluding hydrogens is 180 g/mol. The fourth-order valence-corrected chi connectivity index (χ4v) is 2.26. The van der Waals surface area contributed by atoms with Crippen molar-refractivity contribution in [3.05, 3.63) is 23.8 Å². The smallest absolute Gasteiger partial charge is 0.200 e. The summed E-state index contributed by atoms with van der Waals surface area (Å²) in [5.74, 6) is 1.14. The Bertz CT molecular complexity index is 388. The van der Waals surface area contributed by atoms with E-state index in [1.54, 1.807) is 12.1 Å². The molecule has 3 nitrogen and oxygen atoms in total. The molecule has 2 aliphatic rings. The van der Waals surface area contributed by atoms with Crippen LogP contribution < -0.4 is 4.74 Å². The Morgan fingerprint density at radius 1 is 1.50 bits per heavy atom. The maximum absolute atomic E-state index is 9.43. The lowest BCUT2D eigenvalue weighted by Gasteiger charge is -2.29. The third-order valence-electron chi connectivity index (χ3n) is 3.08. The second-order valence-electron chi connectivity index (χ2n) is 4.30. The first-order valence-electron chi connectivity index (χ1n) is 4.79. The summed E-state index contributed by atoms with van der Waals surface area (Å²) >= 11 is 0. The summed E-state index contributed by atoms with van der Waals surface area (Å²) in [6.45, 7) is 2.82. The van der Waals surface area contributed by atoms with Gasteiger partial charge >= 0.3 is 0 Å². The molecule has 0 spiro atoms. The van der Waals surface area contributed by atoms with Crippen LogP contribution in [0.2, 0.25) is 0 Å². The number of ether oxygens (including phenoxy) is 2. The predicted octanol–water partition coefficient (Wildman–Crippen LogP) is 1.79. The molecule has 1 unspecified atom stereocenters. The Hall–Kier alpha value is -1.22. The minimum atomic E-state index is -0.1000. The lowest BCUT2D eigenvalue weighted by atomic mass is 9.80. The van der Waals surface area contributed by atoms with Gasteiger partial charge in [0.25, 0.3) is 0 Å². The summed E-state index contributed by atoms with van der Waals surface area (Å²) in [5.41, 5.74) is 1.07. The van der Waals surface area contributed by atoms with Crippen LogP contribution in [0.1, 0.15) is 18.9 Å². The van der Waals surface area contributed by atoms with E-state index in [0.717, 1.165) is 17.7 Å². The molecule has 2 heterocycles. The quantitative estimate of drug-likeness (QED) is 0.681. The maximum Gasteiger partial charge on any atom is 0.200 e. The fourth-order valence-electron chi connectivity index (χ4n) is 2.26. The van der Waals surface area contributed by atoms with Gasteiger partial charge in [0.2, 0.25) is 6.29 Å². The van der Waals surface area contributed by atoms with Crippen molar-refractivity contribution in [2.75, 3.05) is 6.61 Å². The zero-order valence-electron chi connectivity index (χ0n) is 7.99. The van der Waals surface area contributed by atoms with Gasteiger partial charge in [-0.3, -0.25) is 0 Å². The second kappa shape index (κ2) is 2.42. The highest BCUT2D eigenvalue weighted by Gasteiger charge is 2.44. The van der Waals surface area contributed by atoms with E-state index in [9.17, 15) is 5.11 Å². The lowest BCUT2D eigenvalue weighted by Crippen LogP contribution is -2.28. The van der Waals surface area contributed by atoms with Crippen molar-refractivity contribution in [1.29, 1.82) is 0 Å². The maximum atomic E-state index is 9.43. The molecule has 14 heavy (non-hydrogen) atoms. The number of hydrogen-bond donors (Lipinski definition) is 1. The van der Waals surface area contributed by atoms with Crippen LogP contribution in [-0.2, 0) is 10.2 Å². The standard InChI is InChI=1S/C11H12O3/c1-11-5-10(13-6-11)14-9-3-2-7(12)4-8(9)11/h2-4,10,12H,5-6H2,1H3/t10?,11-/m1/s1. The highest BCUT2D eigenvalue weighted by atomic mass is 16.7. The van der Waals surface area contributed by atoms with Gasteiger partial charge in [-0.1, -0.05) is 6.92 Å². The topological polar surface area (TPSA) is 38.7 Å². The number of hydrogen-bond acceptors (Lipinski definition) is 3. The van der Waals surface area contributed by atoms with Crippen molar-refractivity contribution >= 4 is 0 Å². The molecule has 74 valence electrons. The number of aromatic hydroxyl groups is 1. The Labute approximate surface area is 82.3 Å². The van der Waals surface area contributed by atoms with Gasteiger partial charge in [0.1, 0.15) is 11.5 Å². The Morgan fingerprint density at radius 3 is 3.21 bits per heavy atom. The van der Waals surface area contributed by atoms with Gasteiger partial charge in [-0.15, -0.1) is 0 Å². The van der Waals surface area contributed by atoms with E-state index in [1.165, 1.54) is 0 Å². The molecule has 3 rings (SSSR count). The number of benzene rings is 1. The number of fused-ring (bicyclic) bond motifs is 4. The van der Waals surface area contributed by atoms with Gasteiger partial charge in [0, 0.05) is 17.4 Å². The van der Waals surface area contributed by atoms with Crippen LogP contribution in [0.25, 0.3) is 0 Å². The van der Waals surface area contributed by atoms with Crippen LogP contribution in [0.5, 0.6) is 11.5 Å². The third-order valence-corrected chi connectivity index (χ3v) is 3.08. The van der Waals surface area contributed by atoms with Crippen LogP contribution in [0, 0.1) is 0 Å². The molecule has 1 fully saturated rings. The first-order chi connectivity index (χ1) is 6.67. The minimum absolute atomic E-state index is 0.0109. The van der Waals surface area contributed by atoms with E-state index in [1.807, 2.05) is 6.07 Å². The number of rotatable bonds is 0. The Morgan fingerprint density at radius 2 is 2.36 bits per heavy atom. The molecular formula is C11H12O3. The van der Waals surface area contributed by atoms with Crippen molar-refractivity contribution in [1.82, 2.24) is 0 Å². The van der Waals surface area contributed by atoms with Crippen LogP contribution in [-0.4, -0.2) is 18.0 Å². The molecule has 1 aromatic rings. The van der Waals surface area contributed by atoms with Gasteiger partial charge in [0.15, 0.2) is 0 Å². The number of phenols is 1. The van der Waals surface area contributed by atoms with Gasteiger partial charge in [0.05, 0.1) is 6.61 Å². The second-order valence-corrected chi connectivity index (χ2v) is 4.30. The van der Waals surface area contributed by atoms with Crippen molar-refractivity contribution in [3.63, 3.8) is 0 Å². The Kier molecular flexibility index (Phi) is 1.40. The monoisotopic (exact) mass is 192 g/mol. The summed E-state index contributed by atoms with van der Waals surface area (Å²) in [5, 5.41) is 9.43. The van der Waals surface area contributed by atoms with E-state index >= 15 is 0 Å². The zero-order valence-corrected chi connectivity index (χ0v) is 7.99. The largest absolute Gasteiger partial charge is 0.508 e. The summed E-state index contributed by atoms with van der Waals surface area (Å²) in [6.07, 6.45) is 0.778. The lowest BCUT2D eigenvalue weighted by molar-refractivity contribution is -0.0380. The van der Waals surface area contributed by atoms with E-state index in [2.05, 4.69) is 6.92 Å². The summed E-state index contributed by atoms with van der Waals surface area (Å²) in [6, 6.07) is 5.23. The van der Waals surface area contributed by atoms with E-state index in [0.29, 0.717) is 12.4 Å². The van der Waals surface area contributed by atoms with Crippen LogP contribution in [0.4, 0.5) is 0 Å². The summed E-state index contributed by atoms with van der Waals surface area (Å²) in [7, 11) is 0. The molecule has 2 bridgehead atoms. The van der Waals surface area contributed by atoms with Crippen molar-refractivity contribution in [2.24, 2.45) is 0 Å². The van der Waals surface area contributed by atoms with Crippen molar-refractivity contribution in [2.45, 2.75) is 25.0 Å². The summed E-state index contributed by atoms with van der Waals surface area (Å²) in [4.78, 5) is 0.